The normalized spacial score (nSPS) is 19.2. The highest BCUT2D eigenvalue weighted by molar-refractivity contribution is 7.89. The second-order valence-electron chi connectivity index (χ2n) is 10.3. The van der Waals surface area contributed by atoms with Crippen molar-refractivity contribution in [2.24, 2.45) is 11.1 Å². The number of hydrogen-bond acceptors (Lipinski definition) is 5. The van der Waals surface area contributed by atoms with Crippen LogP contribution in [0.4, 0.5) is 0 Å². The minimum absolute atomic E-state index is 0.0339. The van der Waals surface area contributed by atoms with Gasteiger partial charge in [-0.25, -0.2) is 13.6 Å². The maximum Gasteiger partial charge on any atom is 0.496 e. The summed E-state index contributed by atoms with van der Waals surface area (Å²) in [6, 6.07) is 3.57. The van der Waals surface area contributed by atoms with Crippen molar-refractivity contribution in [3.63, 3.8) is 0 Å². The van der Waals surface area contributed by atoms with Gasteiger partial charge in [0.1, 0.15) is 0 Å². The third kappa shape index (κ3) is 5.41. The molecule has 0 atom stereocenters. The molecule has 164 valence electrons. The molecule has 1 aliphatic heterocycles. The first-order valence-corrected chi connectivity index (χ1v) is 11.6. The van der Waals surface area contributed by atoms with Gasteiger partial charge in [0.05, 0.1) is 22.7 Å². The summed E-state index contributed by atoms with van der Waals surface area (Å²) < 4.78 is 43.3. The van der Waals surface area contributed by atoms with Gasteiger partial charge < -0.3 is 14.0 Å². The van der Waals surface area contributed by atoms with Gasteiger partial charge in [-0.05, 0) is 56.2 Å². The van der Waals surface area contributed by atoms with Crippen LogP contribution in [0.25, 0.3) is 0 Å². The Bertz CT molecular complexity index is 841. The van der Waals surface area contributed by atoms with E-state index in [4.69, 9.17) is 19.2 Å². The zero-order valence-corrected chi connectivity index (χ0v) is 20.1. The SMILES string of the molecule is CC(C)COCc1cc(C(C)(C)C)c(B2OC(C)(C)C(C)(C)O2)c(S(N)(=O)=O)c1. The largest absolute Gasteiger partial charge is 0.496 e. The summed E-state index contributed by atoms with van der Waals surface area (Å²) in [7, 11) is -4.83. The molecule has 0 aromatic heterocycles. The Morgan fingerprint density at radius 2 is 1.62 bits per heavy atom. The molecule has 1 aromatic rings. The number of rotatable bonds is 6. The predicted octanol–water partition coefficient (Wildman–Crippen LogP) is 3.10. The molecule has 6 nitrogen and oxygen atoms in total. The van der Waals surface area contributed by atoms with Crippen LogP contribution in [0.15, 0.2) is 17.0 Å². The average Bonchev–Trinajstić information content (AvgIpc) is 2.72. The first-order valence-electron chi connectivity index (χ1n) is 10.1. The standard InChI is InChI=1S/C21H36BNO5S/c1-14(2)12-26-13-15-10-16(19(3,4)5)18(17(11-15)29(23,24)25)22-27-20(6,7)21(8,9)28-22/h10-11,14H,12-13H2,1-9H3,(H2,23,24,25). The molecule has 0 saturated carbocycles. The Morgan fingerprint density at radius 3 is 2.03 bits per heavy atom. The Morgan fingerprint density at radius 1 is 1.10 bits per heavy atom. The van der Waals surface area contributed by atoms with Crippen molar-refractivity contribution in [2.75, 3.05) is 6.61 Å². The summed E-state index contributed by atoms with van der Waals surface area (Å²) in [5.74, 6) is 0.388. The van der Waals surface area contributed by atoms with Gasteiger partial charge in [-0.1, -0.05) is 40.7 Å². The Hall–Kier alpha value is -0.925. The number of ether oxygens (including phenoxy) is 1. The third-order valence-electron chi connectivity index (χ3n) is 5.53. The van der Waals surface area contributed by atoms with E-state index in [1.54, 1.807) is 6.07 Å². The molecule has 0 bridgehead atoms. The number of primary sulfonamides is 1. The molecule has 2 N–H and O–H groups in total. The lowest BCUT2D eigenvalue weighted by Gasteiger charge is -2.32. The van der Waals surface area contributed by atoms with Crippen LogP contribution >= 0.6 is 0 Å². The second kappa shape index (κ2) is 7.96. The van der Waals surface area contributed by atoms with E-state index >= 15 is 0 Å². The van der Waals surface area contributed by atoms with Gasteiger partial charge in [0.15, 0.2) is 0 Å². The molecular weight excluding hydrogens is 389 g/mol. The first-order chi connectivity index (χ1) is 13.0. The van der Waals surface area contributed by atoms with E-state index in [2.05, 4.69) is 13.8 Å². The van der Waals surface area contributed by atoms with Crippen LogP contribution in [-0.4, -0.2) is 33.3 Å². The van der Waals surface area contributed by atoms with Gasteiger partial charge >= 0.3 is 7.12 Å². The minimum atomic E-state index is -4.01. The zero-order chi connectivity index (χ0) is 22.4. The molecule has 8 heteroatoms. The van der Waals surface area contributed by atoms with Crippen molar-refractivity contribution in [2.45, 2.75) is 90.4 Å². The zero-order valence-electron chi connectivity index (χ0n) is 19.3. The highest BCUT2D eigenvalue weighted by Crippen LogP contribution is 2.38. The summed E-state index contributed by atoms with van der Waals surface area (Å²) in [5, 5.41) is 5.64. The molecule has 2 rings (SSSR count). The van der Waals surface area contributed by atoms with Crippen molar-refractivity contribution >= 4 is 22.6 Å². The van der Waals surface area contributed by atoms with Gasteiger partial charge in [-0.2, -0.15) is 0 Å². The summed E-state index contributed by atoms with van der Waals surface area (Å²) in [4.78, 5) is 0.0339. The fraction of sp³-hybridized carbons (Fsp3) is 0.714. The molecule has 1 aromatic carbocycles. The van der Waals surface area contributed by atoms with E-state index in [-0.39, 0.29) is 10.3 Å². The van der Waals surface area contributed by atoms with Crippen molar-refractivity contribution in [1.82, 2.24) is 0 Å². The molecule has 1 fully saturated rings. The summed E-state index contributed by atoms with van der Waals surface area (Å²) in [6.45, 7) is 18.9. The van der Waals surface area contributed by atoms with Gasteiger partial charge in [-0.15, -0.1) is 0 Å². The van der Waals surface area contributed by atoms with Crippen molar-refractivity contribution in [3.8, 4) is 0 Å². The quantitative estimate of drug-likeness (QED) is 0.708. The van der Waals surface area contributed by atoms with Gasteiger partial charge in [0.2, 0.25) is 10.0 Å². The Balaban J connectivity index is 2.65. The lowest BCUT2D eigenvalue weighted by atomic mass is 9.69. The third-order valence-corrected chi connectivity index (χ3v) is 6.48. The molecule has 29 heavy (non-hydrogen) atoms. The van der Waals surface area contributed by atoms with Crippen LogP contribution in [-0.2, 0) is 36.1 Å². The minimum Gasteiger partial charge on any atom is -0.399 e. The highest BCUT2D eigenvalue weighted by Gasteiger charge is 2.53. The summed E-state index contributed by atoms with van der Waals surface area (Å²) >= 11 is 0. The van der Waals surface area contributed by atoms with Crippen LogP contribution in [0, 0.1) is 5.92 Å². The fourth-order valence-corrected chi connectivity index (χ4v) is 4.07. The van der Waals surface area contributed by atoms with E-state index in [1.165, 1.54) is 0 Å². The maximum atomic E-state index is 12.6. The topological polar surface area (TPSA) is 87.8 Å². The second-order valence-corrected chi connectivity index (χ2v) is 11.9. The van der Waals surface area contributed by atoms with Crippen LogP contribution in [0.1, 0.15) is 73.4 Å². The van der Waals surface area contributed by atoms with Crippen LogP contribution < -0.4 is 10.6 Å². The summed E-state index contributed by atoms with van der Waals surface area (Å²) in [5.41, 5.74) is 0.520. The van der Waals surface area contributed by atoms with Gasteiger partial charge in [-0.3, -0.25) is 0 Å². The highest BCUT2D eigenvalue weighted by atomic mass is 32.2. The Kier molecular flexibility index (Phi) is 6.69. The molecule has 1 heterocycles. The smallest absolute Gasteiger partial charge is 0.399 e. The van der Waals surface area contributed by atoms with E-state index in [9.17, 15) is 8.42 Å². The van der Waals surface area contributed by atoms with Crippen LogP contribution in [0.3, 0.4) is 0 Å². The lowest BCUT2D eigenvalue weighted by Crippen LogP contribution is -2.44. The van der Waals surface area contributed by atoms with E-state index in [0.717, 1.165) is 11.1 Å². The average molecular weight is 425 g/mol. The first kappa shape index (κ1) is 24.3. The molecule has 0 unspecified atom stereocenters. The molecule has 0 aliphatic carbocycles. The van der Waals surface area contributed by atoms with E-state index in [0.29, 0.717) is 24.6 Å². The monoisotopic (exact) mass is 425 g/mol. The fourth-order valence-electron chi connectivity index (χ4n) is 3.24. The molecule has 0 spiro atoms. The van der Waals surface area contributed by atoms with Crippen LogP contribution in [0.5, 0.6) is 0 Å². The van der Waals surface area contributed by atoms with E-state index < -0.39 is 28.3 Å². The van der Waals surface area contributed by atoms with Crippen LogP contribution in [0.2, 0.25) is 0 Å². The van der Waals surface area contributed by atoms with Crippen molar-refractivity contribution in [1.29, 1.82) is 0 Å². The number of hydrogen-bond donors (Lipinski definition) is 1. The molecule has 0 radical (unpaired) electrons. The Labute approximate surface area is 176 Å². The van der Waals surface area contributed by atoms with Crippen molar-refractivity contribution in [3.05, 3.63) is 23.3 Å². The summed E-state index contributed by atoms with van der Waals surface area (Å²) in [6.07, 6.45) is 0. The number of benzene rings is 1. The number of nitrogens with two attached hydrogens (primary N) is 1. The van der Waals surface area contributed by atoms with E-state index in [1.807, 2.05) is 54.5 Å². The van der Waals surface area contributed by atoms with Gasteiger partial charge in [0, 0.05) is 12.1 Å². The lowest BCUT2D eigenvalue weighted by molar-refractivity contribution is 0.00578. The molecule has 0 amide bonds. The number of sulfonamides is 1. The van der Waals surface area contributed by atoms with Gasteiger partial charge in [0.25, 0.3) is 0 Å². The molecule has 1 aliphatic rings. The maximum absolute atomic E-state index is 12.6. The predicted molar refractivity (Wildman–Crippen MR) is 117 cm³/mol. The molecular formula is C21H36BNO5S. The molecule has 1 saturated heterocycles. The van der Waals surface area contributed by atoms with Crippen molar-refractivity contribution < 1.29 is 22.5 Å².